The molecule has 2 nitrogen and oxygen atoms in total. The summed E-state index contributed by atoms with van der Waals surface area (Å²) in [7, 11) is 0. The van der Waals surface area contributed by atoms with Crippen LogP contribution in [0.4, 0.5) is 0 Å². The Morgan fingerprint density at radius 1 is 1.67 bits per heavy atom. The second-order valence-electron chi connectivity index (χ2n) is 1.67. The molecule has 0 aliphatic heterocycles. The molecular formula is C6H7IN2. The molecule has 0 amide bonds. The maximum Gasteiger partial charge on any atom is 0.0316 e. The maximum atomic E-state index is 3.96. The van der Waals surface area contributed by atoms with Crippen LogP contribution < -0.4 is 3.53 Å². The molecule has 1 heterocycles. The molecule has 0 saturated heterocycles. The van der Waals surface area contributed by atoms with Crippen LogP contribution in [0.1, 0.15) is 5.56 Å². The number of aromatic nitrogens is 1. The molecule has 0 bridgehead atoms. The number of pyridine rings is 1. The minimum Gasteiger partial charge on any atom is -0.264 e. The van der Waals surface area contributed by atoms with Gasteiger partial charge in [0.2, 0.25) is 0 Å². The van der Waals surface area contributed by atoms with Gasteiger partial charge in [0, 0.05) is 41.8 Å². The number of halogens is 1. The van der Waals surface area contributed by atoms with E-state index in [1.807, 2.05) is 18.3 Å². The van der Waals surface area contributed by atoms with E-state index >= 15 is 0 Å². The van der Waals surface area contributed by atoms with E-state index in [1.165, 1.54) is 5.56 Å². The van der Waals surface area contributed by atoms with Crippen molar-refractivity contribution < 1.29 is 0 Å². The fourth-order valence-corrected chi connectivity index (χ4v) is 1.02. The van der Waals surface area contributed by atoms with E-state index < -0.39 is 0 Å². The second-order valence-corrected chi connectivity index (χ2v) is 2.43. The van der Waals surface area contributed by atoms with Gasteiger partial charge in [0.15, 0.2) is 0 Å². The molecule has 1 N–H and O–H groups in total. The van der Waals surface area contributed by atoms with Gasteiger partial charge in [-0.1, -0.05) is 6.07 Å². The highest BCUT2D eigenvalue weighted by molar-refractivity contribution is 14.1. The van der Waals surface area contributed by atoms with Gasteiger partial charge in [0.1, 0.15) is 0 Å². The first kappa shape index (κ1) is 6.95. The van der Waals surface area contributed by atoms with E-state index in [9.17, 15) is 0 Å². The highest BCUT2D eigenvalue weighted by Gasteiger charge is 1.85. The van der Waals surface area contributed by atoms with Crippen molar-refractivity contribution in [3.63, 3.8) is 0 Å². The Kier molecular flexibility index (Phi) is 2.93. The van der Waals surface area contributed by atoms with E-state index in [0.717, 1.165) is 6.54 Å². The number of hydrogen-bond acceptors (Lipinski definition) is 2. The molecule has 0 saturated carbocycles. The van der Waals surface area contributed by atoms with E-state index in [0.29, 0.717) is 0 Å². The minimum atomic E-state index is 0.883. The highest BCUT2D eigenvalue weighted by atomic mass is 127. The normalized spacial score (nSPS) is 9.44. The molecule has 0 fully saturated rings. The standard InChI is InChI=1S/C6H7IN2/c7-9-5-6-2-1-3-8-4-6/h1-4,9H,5H2. The van der Waals surface area contributed by atoms with Crippen molar-refractivity contribution in [2.24, 2.45) is 0 Å². The van der Waals surface area contributed by atoms with Crippen LogP contribution in [0.5, 0.6) is 0 Å². The van der Waals surface area contributed by atoms with Crippen molar-refractivity contribution in [1.29, 1.82) is 0 Å². The van der Waals surface area contributed by atoms with Crippen LogP contribution in [0.2, 0.25) is 0 Å². The Hall–Kier alpha value is -0.160. The van der Waals surface area contributed by atoms with Gasteiger partial charge in [0.05, 0.1) is 0 Å². The van der Waals surface area contributed by atoms with E-state index in [2.05, 4.69) is 31.4 Å². The first-order valence-corrected chi connectivity index (χ1v) is 3.74. The number of nitrogens with one attached hydrogen (secondary N) is 1. The van der Waals surface area contributed by atoms with Gasteiger partial charge in [-0.3, -0.25) is 8.51 Å². The molecule has 9 heavy (non-hydrogen) atoms. The van der Waals surface area contributed by atoms with Crippen LogP contribution in [0.15, 0.2) is 24.5 Å². The number of hydrogen-bond donors (Lipinski definition) is 1. The fraction of sp³-hybridized carbons (Fsp3) is 0.167. The molecule has 0 unspecified atom stereocenters. The molecule has 1 rings (SSSR count). The Morgan fingerprint density at radius 2 is 2.56 bits per heavy atom. The average Bonchev–Trinajstić information content (AvgIpc) is 1.91. The molecule has 0 atom stereocenters. The zero-order valence-electron chi connectivity index (χ0n) is 4.84. The third kappa shape index (κ3) is 2.28. The van der Waals surface area contributed by atoms with Crippen molar-refractivity contribution >= 4 is 22.9 Å². The molecule has 1 aromatic heterocycles. The SMILES string of the molecule is INCc1cccnc1. The smallest absolute Gasteiger partial charge is 0.0316 e. The summed E-state index contributed by atoms with van der Waals surface area (Å²) in [6.45, 7) is 0.883. The first-order valence-electron chi connectivity index (χ1n) is 2.66. The van der Waals surface area contributed by atoms with Crippen LogP contribution in [0.3, 0.4) is 0 Å². The van der Waals surface area contributed by atoms with Crippen molar-refractivity contribution in [3.8, 4) is 0 Å². The number of nitrogens with zero attached hydrogens (tertiary/aromatic N) is 1. The Balaban J connectivity index is 2.61. The lowest BCUT2D eigenvalue weighted by molar-refractivity contribution is 0.997. The summed E-state index contributed by atoms with van der Waals surface area (Å²) < 4.78 is 3.01. The quantitative estimate of drug-likeness (QED) is 0.619. The van der Waals surface area contributed by atoms with Crippen LogP contribution >= 0.6 is 22.9 Å². The molecule has 3 heteroatoms. The third-order valence-corrected chi connectivity index (χ3v) is 1.38. The van der Waals surface area contributed by atoms with Crippen molar-refractivity contribution in [2.75, 3.05) is 0 Å². The number of rotatable bonds is 2. The first-order chi connectivity index (χ1) is 4.43. The maximum absolute atomic E-state index is 3.96. The van der Waals surface area contributed by atoms with Crippen LogP contribution in [0, 0.1) is 0 Å². The highest BCUT2D eigenvalue weighted by Crippen LogP contribution is 1.94. The predicted molar refractivity (Wildman–Crippen MR) is 45.1 cm³/mol. The zero-order valence-corrected chi connectivity index (χ0v) is 7.00. The Bertz CT molecular complexity index is 164. The molecule has 0 aliphatic carbocycles. The molecular weight excluding hydrogens is 227 g/mol. The lowest BCUT2D eigenvalue weighted by Gasteiger charge is -1.93. The molecule has 0 radical (unpaired) electrons. The Labute approximate surface area is 68.2 Å². The molecule has 0 aromatic carbocycles. The Morgan fingerprint density at radius 3 is 3.11 bits per heavy atom. The summed E-state index contributed by atoms with van der Waals surface area (Å²) in [6.07, 6.45) is 3.63. The summed E-state index contributed by atoms with van der Waals surface area (Å²) in [4.78, 5) is 3.96. The van der Waals surface area contributed by atoms with Crippen LogP contribution in [-0.4, -0.2) is 4.98 Å². The van der Waals surface area contributed by atoms with Crippen LogP contribution in [-0.2, 0) is 6.54 Å². The fourth-order valence-electron chi connectivity index (χ4n) is 0.580. The summed E-state index contributed by atoms with van der Waals surface area (Å²) in [5, 5.41) is 0. The molecule has 0 aliphatic rings. The lowest BCUT2D eigenvalue weighted by Crippen LogP contribution is -1.96. The van der Waals surface area contributed by atoms with Crippen molar-refractivity contribution in [1.82, 2.24) is 8.51 Å². The van der Waals surface area contributed by atoms with Gasteiger partial charge < -0.3 is 0 Å². The molecule has 48 valence electrons. The van der Waals surface area contributed by atoms with E-state index in [-0.39, 0.29) is 0 Å². The van der Waals surface area contributed by atoms with Crippen LogP contribution in [0.25, 0.3) is 0 Å². The van der Waals surface area contributed by atoms with Gasteiger partial charge in [-0.25, -0.2) is 0 Å². The summed E-state index contributed by atoms with van der Waals surface area (Å²) in [5.41, 5.74) is 1.21. The van der Waals surface area contributed by atoms with E-state index in [1.54, 1.807) is 6.20 Å². The van der Waals surface area contributed by atoms with Gasteiger partial charge >= 0.3 is 0 Å². The van der Waals surface area contributed by atoms with Gasteiger partial charge in [0.25, 0.3) is 0 Å². The van der Waals surface area contributed by atoms with Crippen molar-refractivity contribution in [2.45, 2.75) is 6.54 Å². The third-order valence-electron chi connectivity index (χ3n) is 0.994. The molecule has 1 aromatic rings. The van der Waals surface area contributed by atoms with E-state index in [4.69, 9.17) is 0 Å². The summed E-state index contributed by atoms with van der Waals surface area (Å²) in [5.74, 6) is 0. The van der Waals surface area contributed by atoms with Crippen molar-refractivity contribution in [3.05, 3.63) is 30.1 Å². The summed E-state index contributed by atoms with van der Waals surface area (Å²) in [6, 6.07) is 3.97. The minimum absolute atomic E-state index is 0.883. The average molecular weight is 234 g/mol. The molecule has 0 spiro atoms. The zero-order chi connectivity index (χ0) is 6.53. The second kappa shape index (κ2) is 3.79. The lowest BCUT2D eigenvalue weighted by atomic mass is 10.3. The van der Waals surface area contributed by atoms with Gasteiger partial charge in [-0.2, -0.15) is 0 Å². The summed E-state index contributed by atoms with van der Waals surface area (Å²) >= 11 is 2.11. The largest absolute Gasteiger partial charge is 0.264 e. The van der Waals surface area contributed by atoms with Gasteiger partial charge in [-0.05, 0) is 11.6 Å². The van der Waals surface area contributed by atoms with Gasteiger partial charge in [-0.15, -0.1) is 0 Å². The predicted octanol–water partition coefficient (Wildman–Crippen LogP) is 1.52. The monoisotopic (exact) mass is 234 g/mol. The topological polar surface area (TPSA) is 24.9 Å².